The molecule has 0 atom stereocenters. The van der Waals surface area contributed by atoms with Crippen molar-refractivity contribution in [2.75, 3.05) is 0 Å². The van der Waals surface area contributed by atoms with Crippen LogP contribution in [-0.4, -0.2) is 0 Å². The standard InChI is InChI=1S/C24H17Br/c25-20-15-16-22(19-11-5-2-6-12-19)24(17-20)23-14-8-7-13-21(23)18-9-3-1-4-10-18/h1-17H. The lowest BCUT2D eigenvalue weighted by atomic mass is 9.89. The highest BCUT2D eigenvalue weighted by molar-refractivity contribution is 9.10. The molecule has 0 bridgehead atoms. The minimum absolute atomic E-state index is 1.09. The molecule has 0 aromatic heterocycles. The van der Waals surface area contributed by atoms with Crippen LogP contribution in [0.3, 0.4) is 0 Å². The molecule has 0 nitrogen and oxygen atoms in total. The second-order valence-corrected chi connectivity index (χ2v) is 6.88. The molecule has 0 unspecified atom stereocenters. The summed E-state index contributed by atoms with van der Waals surface area (Å²) < 4.78 is 1.09. The maximum absolute atomic E-state index is 3.65. The van der Waals surface area contributed by atoms with Crippen molar-refractivity contribution in [2.45, 2.75) is 0 Å². The van der Waals surface area contributed by atoms with Crippen molar-refractivity contribution >= 4 is 15.9 Å². The third-order valence-electron chi connectivity index (χ3n) is 4.37. The van der Waals surface area contributed by atoms with Gasteiger partial charge in [-0.1, -0.05) is 107 Å². The summed E-state index contributed by atoms with van der Waals surface area (Å²) in [6.45, 7) is 0. The van der Waals surface area contributed by atoms with E-state index in [1.807, 2.05) is 0 Å². The first-order chi connectivity index (χ1) is 12.3. The zero-order valence-corrected chi connectivity index (χ0v) is 15.3. The molecule has 0 aliphatic carbocycles. The van der Waals surface area contributed by atoms with Crippen molar-refractivity contribution in [1.29, 1.82) is 0 Å². The topological polar surface area (TPSA) is 0 Å². The predicted molar refractivity (Wildman–Crippen MR) is 110 cm³/mol. The second-order valence-electron chi connectivity index (χ2n) is 5.97. The maximum atomic E-state index is 3.65. The molecule has 0 radical (unpaired) electrons. The molecule has 120 valence electrons. The molecule has 0 aliphatic rings. The van der Waals surface area contributed by atoms with Crippen LogP contribution in [-0.2, 0) is 0 Å². The van der Waals surface area contributed by atoms with Gasteiger partial charge in [-0.3, -0.25) is 0 Å². The minimum Gasteiger partial charge on any atom is -0.0622 e. The highest BCUT2D eigenvalue weighted by Gasteiger charge is 2.12. The second kappa shape index (κ2) is 7.08. The summed E-state index contributed by atoms with van der Waals surface area (Å²) in [5.41, 5.74) is 7.43. The fourth-order valence-electron chi connectivity index (χ4n) is 3.20. The fraction of sp³-hybridized carbons (Fsp3) is 0. The van der Waals surface area contributed by atoms with Gasteiger partial charge in [0.2, 0.25) is 0 Å². The number of hydrogen-bond acceptors (Lipinski definition) is 0. The van der Waals surface area contributed by atoms with Gasteiger partial charge in [0, 0.05) is 4.47 Å². The average molecular weight is 385 g/mol. The number of benzene rings is 4. The molecule has 0 saturated carbocycles. The van der Waals surface area contributed by atoms with Crippen LogP contribution in [0.2, 0.25) is 0 Å². The summed E-state index contributed by atoms with van der Waals surface area (Å²) >= 11 is 3.65. The molecule has 0 amide bonds. The Morgan fingerprint density at radius 3 is 1.48 bits per heavy atom. The van der Waals surface area contributed by atoms with Gasteiger partial charge in [0.05, 0.1) is 0 Å². The fourth-order valence-corrected chi connectivity index (χ4v) is 3.56. The van der Waals surface area contributed by atoms with Gasteiger partial charge in [-0.05, 0) is 45.5 Å². The van der Waals surface area contributed by atoms with Gasteiger partial charge in [0.1, 0.15) is 0 Å². The van der Waals surface area contributed by atoms with Crippen molar-refractivity contribution in [3.8, 4) is 33.4 Å². The van der Waals surface area contributed by atoms with Crippen molar-refractivity contribution in [3.63, 3.8) is 0 Å². The predicted octanol–water partition coefficient (Wildman–Crippen LogP) is 7.45. The van der Waals surface area contributed by atoms with Crippen molar-refractivity contribution < 1.29 is 0 Å². The van der Waals surface area contributed by atoms with Crippen LogP contribution < -0.4 is 0 Å². The lowest BCUT2D eigenvalue weighted by molar-refractivity contribution is 1.55. The van der Waals surface area contributed by atoms with Crippen molar-refractivity contribution in [1.82, 2.24) is 0 Å². The third-order valence-corrected chi connectivity index (χ3v) is 4.86. The number of rotatable bonds is 3. The summed E-state index contributed by atoms with van der Waals surface area (Å²) in [6, 6.07) is 36.2. The van der Waals surface area contributed by atoms with Crippen LogP contribution in [0.5, 0.6) is 0 Å². The number of halogens is 1. The van der Waals surface area contributed by atoms with Gasteiger partial charge >= 0.3 is 0 Å². The zero-order chi connectivity index (χ0) is 17.1. The van der Waals surface area contributed by atoms with Crippen LogP contribution in [0.25, 0.3) is 33.4 Å². The van der Waals surface area contributed by atoms with Gasteiger partial charge in [-0.2, -0.15) is 0 Å². The van der Waals surface area contributed by atoms with Crippen molar-refractivity contribution in [3.05, 3.63) is 108 Å². The molecule has 0 fully saturated rings. The molecule has 0 heterocycles. The lowest BCUT2D eigenvalue weighted by Gasteiger charge is -2.15. The largest absolute Gasteiger partial charge is 0.0622 e. The highest BCUT2D eigenvalue weighted by atomic mass is 79.9. The Bertz CT molecular complexity index is 989. The Kier molecular flexibility index (Phi) is 4.49. The Morgan fingerprint density at radius 2 is 0.880 bits per heavy atom. The van der Waals surface area contributed by atoms with E-state index in [2.05, 4.69) is 119 Å². The Labute approximate surface area is 156 Å². The van der Waals surface area contributed by atoms with E-state index in [4.69, 9.17) is 0 Å². The molecule has 25 heavy (non-hydrogen) atoms. The quantitative estimate of drug-likeness (QED) is 0.344. The molecule has 1 heteroatoms. The first kappa shape index (κ1) is 15.9. The summed E-state index contributed by atoms with van der Waals surface area (Å²) in [5.74, 6) is 0. The van der Waals surface area contributed by atoms with Gasteiger partial charge in [0.25, 0.3) is 0 Å². The molecular formula is C24H17Br. The highest BCUT2D eigenvalue weighted by Crippen LogP contribution is 2.39. The van der Waals surface area contributed by atoms with E-state index in [1.165, 1.54) is 33.4 Å². The van der Waals surface area contributed by atoms with E-state index >= 15 is 0 Å². The molecule has 0 N–H and O–H groups in total. The monoisotopic (exact) mass is 384 g/mol. The van der Waals surface area contributed by atoms with Crippen LogP contribution in [0.4, 0.5) is 0 Å². The number of hydrogen-bond donors (Lipinski definition) is 0. The van der Waals surface area contributed by atoms with E-state index in [9.17, 15) is 0 Å². The van der Waals surface area contributed by atoms with Crippen LogP contribution in [0, 0.1) is 0 Å². The summed E-state index contributed by atoms with van der Waals surface area (Å²) in [5, 5.41) is 0. The Balaban J connectivity index is 1.96. The molecule has 0 spiro atoms. The maximum Gasteiger partial charge on any atom is 0.0181 e. The molecule has 0 aliphatic heterocycles. The third kappa shape index (κ3) is 3.29. The smallest absolute Gasteiger partial charge is 0.0181 e. The Morgan fingerprint density at radius 1 is 0.400 bits per heavy atom. The van der Waals surface area contributed by atoms with Gasteiger partial charge in [-0.25, -0.2) is 0 Å². The lowest BCUT2D eigenvalue weighted by Crippen LogP contribution is -1.89. The SMILES string of the molecule is Brc1ccc(-c2ccccc2)c(-c2ccccc2-c2ccccc2)c1. The van der Waals surface area contributed by atoms with Crippen LogP contribution in [0.1, 0.15) is 0 Å². The molecular weight excluding hydrogens is 368 g/mol. The molecule has 4 aromatic rings. The van der Waals surface area contributed by atoms with E-state index in [0.717, 1.165) is 4.47 Å². The summed E-state index contributed by atoms with van der Waals surface area (Å²) in [4.78, 5) is 0. The van der Waals surface area contributed by atoms with E-state index < -0.39 is 0 Å². The first-order valence-corrected chi connectivity index (χ1v) is 9.12. The molecule has 0 saturated heterocycles. The zero-order valence-electron chi connectivity index (χ0n) is 13.7. The first-order valence-electron chi connectivity index (χ1n) is 8.33. The normalized spacial score (nSPS) is 10.6. The van der Waals surface area contributed by atoms with E-state index in [0.29, 0.717) is 0 Å². The molecule has 4 rings (SSSR count). The minimum atomic E-state index is 1.09. The summed E-state index contributed by atoms with van der Waals surface area (Å²) in [6.07, 6.45) is 0. The van der Waals surface area contributed by atoms with Crippen LogP contribution >= 0.6 is 15.9 Å². The van der Waals surface area contributed by atoms with Gasteiger partial charge in [0.15, 0.2) is 0 Å². The summed E-state index contributed by atoms with van der Waals surface area (Å²) in [7, 11) is 0. The average Bonchev–Trinajstić information content (AvgIpc) is 2.69. The molecule has 4 aromatic carbocycles. The van der Waals surface area contributed by atoms with Crippen molar-refractivity contribution in [2.24, 2.45) is 0 Å². The van der Waals surface area contributed by atoms with Crippen LogP contribution in [0.15, 0.2) is 108 Å². The van der Waals surface area contributed by atoms with Gasteiger partial charge in [-0.15, -0.1) is 0 Å². The van der Waals surface area contributed by atoms with Gasteiger partial charge < -0.3 is 0 Å². The van der Waals surface area contributed by atoms with E-state index in [1.54, 1.807) is 0 Å². The Hall–Kier alpha value is -2.64. The van der Waals surface area contributed by atoms with E-state index in [-0.39, 0.29) is 0 Å².